The molecule has 0 aromatic heterocycles. The number of hydrogen-bond donors (Lipinski definition) is 1. The third-order valence-corrected chi connectivity index (χ3v) is 4.28. The van der Waals surface area contributed by atoms with Gasteiger partial charge in [0.05, 0.1) is 6.10 Å². The maximum Gasteiger partial charge on any atom is 0.334 e. The second kappa shape index (κ2) is 5.93. The number of ether oxygens (including phenoxy) is 1. The van der Waals surface area contributed by atoms with Crippen molar-refractivity contribution in [2.24, 2.45) is 5.92 Å². The van der Waals surface area contributed by atoms with Crippen molar-refractivity contribution in [1.29, 1.82) is 0 Å². The van der Waals surface area contributed by atoms with Gasteiger partial charge >= 0.3 is 5.97 Å². The van der Waals surface area contributed by atoms with Crippen molar-refractivity contribution in [3.8, 4) is 0 Å². The van der Waals surface area contributed by atoms with Crippen molar-refractivity contribution in [2.45, 2.75) is 51.7 Å². The second-order valence-corrected chi connectivity index (χ2v) is 5.84. The number of ketones is 2. The molecule has 21 heavy (non-hydrogen) atoms. The van der Waals surface area contributed by atoms with E-state index >= 15 is 0 Å². The van der Waals surface area contributed by atoms with Gasteiger partial charge in [0.1, 0.15) is 17.7 Å². The summed E-state index contributed by atoms with van der Waals surface area (Å²) in [5.74, 6) is -0.820. The van der Waals surface area contributed by atoms with Crippen molar-refractivity contribution in [3.63, 3.8) is 0 Å². The normalized spacial score (nSPS) is 29.9. The minimum absolute atomic E-state index is 0.0337. The number of Topliss-reactive ketones (excluding diaryl/α,β-unsaturated/α-hetero) is 2. The van der Waals surface area contributed by atoms with E-state index in [-0.39, 0.29) is 30.3 Å². The highest BCUT2D eigenvalue weighted by Crippen LogP contribution is 2.39. The van der Waals surface area contributed by atoms with E-state index in [0.29, 0.717) is 29.6 Å². The first-order valence-corrected chi connectivity index (χ1v) is 7.09. The van der Waals surface area contributed by atoms with Gasteiger partial charge in [-0.25, -0.2) is 4.79 Å². The van der Waals surface area contributed by atoms with Gasteiger partial charge in [-0.1, -0.05) is 6.58 Å². The zero-order chi connectivity index (χ0) is 15.7. The molecule has 1 aliphatic heterocycles. The average Bonchev–Trinajstić information content (AvgIpc) is 2.67. The van der Waals surface area contributed by atoms with Crippen LogP contribution in [0.4, 0.5) is 0 Å². The Labute approximate surface area is 123 Å². The van der Waals surface area contributed by atoms with Crippen molar-refractivity contribution < 1.29 is 24.2 Å². The van der Waals surface area contributed by atoms with E-state index in [0.717, 1.165) is 0 Å². The Morgan fingerprint density at radius 3 is 2.71 bits per heavy atom. The number of carbonyl (C=O) groups is 3. The van der Waals surface area contributed by atoms with Crippen LogP contribution < -0.4 is 0 Å². The van der Waals surface area contributed by atoms with Crippen LogP contribution in [0.25, 0.3) is 0 Å². The lowest BCUT2D eigenvalue weighted by atomic mass is 9.80. The molecule has 0 spiro atoms. The van der Waals surface area contributed by atoms with E-state index in [1.165, 1.54) is 6.92 Å². The van der Waals surface area contributed by atoms with E-state index in [4.69, 9.17) is 4.74 Å². The SMILES string of the molecule is C=C1C(=O)O[C@H](C2=C(C)[C@H](O)CC(=O)C2)[C@H]1CCC(C)=O. The molecule has 114 valence electrons. The molecule has 1 fully saturated rings. The predicted molar refractivity (Wildman–Crippen MR) is 75.4 cm³/mol. The summed E-state index contributed by atoms with van der Waals surface area (Å²) in [6.07, 6.45) is -0.309. The van der Waals surface area contributed by atoms with Crippen molar-refractivity contribution >= 4 is 17.5 Å². The number of esters is 1. The summed E-state index contributed by atoms with van der Waals surface area (Å²) < 4.78 is 5.35. The van der Waals surface area contributed by atoms with Gasteiger partial charge < -0.3 is 14.6 Å². The van der Waals surface area contributed by atoms with E-state index in [9.17, 15) is 19.5 Å². The van der Waals surface area contributed by atoms with Gasteiger partial charge in [0.2, 0.25) is 0 Å². The molecular weight excluding hydrogens is 272 g/mol. The van der Waals surface area contributed by atoms with Gasteiger partial charge in [0.25, 0.3) is 0 Å². The molecule has 0 unspecified atom stereocenters. The lowest BCUT2D eigenvalue weighted by Crippen LogP contribution is -2.30. The van der Waals surface area contributed by atoms with Crippen LogP contribution >= 0.6 is 0 Å². The minimum atomic E-state index is -0.817. The molecular formula is C16H20O5. The Morgan fingerprint density at radius 2 is 2.10 bits per heavy atom. The van der Waals surface area contributed by atoms with Gasteiger partial charge in [-0.3, -0.25) is 4.79 Å². The third-order valence-electron chi connectivity index (χ3n) is 4.28. The summed E-state index contributed by atoms with van der Waals surface area (Å²) in [4.78, 5) is 34.7. The minimum Gasteiger partial charge on any atom is -0.454 e. The Bertz CT molecular complexity index is 543. The van der Waals surface area contributed by atoms with Crippen LogP contribution in [-0.4, -0.2) is 34.9 Å². The Kier molecular flexibility index (Phi) is 4.42. The summed E-state index contributed by atoms with van der Waals surface area (Å²) in [7, 11) is 0. The summed E-state index contributed by atoms with van der Waals surface area (Å²) >= 11 is 0. The molecule has 1 aliphatic carbocycles. The molecule has 3 atom stereocenters. The molecule has 0 amide bonds. The molecule has 1 heterocycles. The molecule has 0 saturated carbocycles. The molecule has 1 N–H and O–H groups in total. The summed E-state index contributed by atoms with van der Waals surface area (Å²) in [6.45, 7) is 6.99. The quantitative estimate of drug-likeness (QED) is 0.482. The van der Waals surface area contributed by atoms with E-state index < -0.39 is 18.2 Å². The first kappa shape index (κ1) is 15.6. The lowest BCUT2D eigenvalue weighted by molar-refractivity contribution is -0.138. The van der Waals surface area contributed by atoms with Gasteiger partial charge in [0, 0.05) is 30.8 Å². The van der Waals surface area contributed by atoms with Gasteiger partial charge in [-0.15, -0.1) is 0 Å². The highest BCUT2D eigenvalue weighted by atomic mass is 16.6. The van der Waals surface area contributed by atoms with Crippen LogP contribution in [0.1, 0.15) is 39.5 Å². The maximum atomic E-state index is 11.8. The number of aliphatic hydroxyl groups is 1. The fourth-order valence-electron chi connectivity index (χ4n) is 2.94. The molecule has 0 aromatic rings. The number of rotatable bonds is 4. The number of cyclic esters (lactones) is 1. The number of aliphatic hydroxyl groups excluding tert-OH is 1. The molecule has 5 nitrogen and oxygen atoms in total. The monoisotopic (exact) mass is 292 g/mol. The van der Waals surface area contributed by atoms with Crippen LogP contribution in [0.2, 0.25) is 0 Å². The van der Waals surface area contributed by atoms with Crippen LogP contribution in [0.3, 0.4) is 0 Å². The lowest BCUT2D eigenvalue weighted by Gasteiger charge is -2.28. The van der Waals surface area contributed by atoms with Crippen LogP contribution in [0.15, 0.2) is 23.3 Å². The molecule has 0 radical (unpaired) electrons. The summed E-state index contributed by atoms with van der Waals surface area (Å²) in [5, 5.41) is 9.92. The Morgan fingerprint density at radius 1 is 1.43 bits per heavy atom. The standard InChI is InChI=1S/C16H20O5/c1-8(17)4-5-12-10(3)16(20)21-15(12)13-6-11(18)7-14(19)9(13)2/h12,14-15,19H,3-7H2,1-2H3/t12-,14+,15-/m0/s1. The highest BCUT2D eigenvalue weighted by Gasteiger charge is 2.43. The Hall–Kier alpha value is -1.75. The Balaban J connectivity index is 2.29. The largest absolute Gasteiger partial charge is 0.454 e. The molecule has 2 aliphatic rings. The average molecular weight is 292 g/mol. The predicted octanol–water partition coefficient (Wildman–Crippen LogP) is 1.49. The molecule has 1 saturated heterocycles. The smallest absolute Gasteiger partial charge is 0.334 e. The maximum absolute atomic E-state index is 11.8. The van der Waals surface area contributed by atoms with Crippen LogP contribution in [0.5, 0.6) is 0 Å². The zero-order valence-electron chi connectivity index (χ0n) is 12.3. The van der Waals surface area contributed by atoms with E-state index in [1.54, 1.807) is 6.92 Å². The molecule has 5 heteroatoms. The molecule has 0 bridgehead atoms. The topological polar surface area (TPSA) is 80.7 Å². The van der Waals surface area contributed by atoms with Gasteiger partial charge in [-0.2, -0.15) is 0 Å². The molecule has 2 rings (SSSR count). The third kappa shape index (κ3) is 3.13. The highest BCUT2D eigenvalue weighted by molar-refractivity contribution is 5.92. The summed E-state index contributed by atoms with van der Waals surface area (Å²) in [5.41, 5.74) is 1.70. The van der Waals surface area contributed by atoms with Crippen LogP contribution in [0, 0.1) is 5.92 Å². The zero-order valence-corrected chi connectivity index (χ0v) is 12.3. The summed E-state index contributed by atoms with van der Waals surface area (Å²) in [6, 6.07) is 0. The fourth-order valence-corrected chi connectivity index (χ4v) is 2.94. The van der Waals surface area contributed by atoms with E-state index in [2.05, 4.69) is 6.58 Å². The van der Waals surface area contributed by atoms with Crippen molar-refractivity contribution in [3.05, 3.63) is 23.3 Å². The second-order valence-electron chi connectivity index (χ2n) is 5.84. The first-order chi connectivity index (χ1) is 9.81. The molecule has 0 aromatic carbocycles. The van der Waals surface area contributed by atoms with Crippen LogP contribution in [-0.2, 0) is 19.1 Å². The van der Waals surface area contributed by atoms with Gasteiger partial charge in [-0.05, 0) is 31.4 Å². The number of hydrogen-bond acceptors (Lipinski definition) is 5. The van der Waals surface area contributed by atoms with Crippen molar-refractivity contribution in [1.82, 2.24) is 0 Å². The first-order valence-electron chi connectivity index (χ1n) is 7.09. The van der Waals surface area contributed by atoms with E-state index in [1.807, 2.05) is 0 Å². The fraction of sp³-hybridized carbons (Fsp3) is 0.562. The van der Waals surface area contributed by atoms with Crippen molar-refractivity contribution in [2.75, 3.05) is 0 Å². The number of carbonyl (C=O) groups excluding carboxylic acids is 3. The van der Waals surface area contributed by atoms with Gasteiger partial charge in [0.15, 0.2) is 0 Å².